The number of carboxylic acids is 1. The fourth-order valence-corrected chi connectivity index (χ4v) is 3.64. The summed E-state index contributed by atoms with van der Waals surface area (Å²) in [5.74, 6) is -4.04. The summed E-state index contributed by atoms with van der Waals surface area (Å²) in [5.41, 5.74) is 7.55. The predicted octanol–water partition coefficient (Wildman–Crippen LogP) is 1.98. The smallest absolute Gasteiger partial charge is 0.475 e. The second kappa shape index (κ2) is 13.7. The van der Waals surface area contributed by atoms with Gasteiger partial charge in [-0.25, -0.2) is 14.0 Å². The highest BCUT2D eigenvalue weighted by molar-refractivity contribution is 5.99. The van der Waals surface area contributed by atoms with E-state index in [1.807, 2.05) is 0 Å². The van der Waals surface area contributed by atoms with Crippen LogP contribution in [0.15, 0.2) is 41.7 Å². The Morgan fingerprint density at radius 1 is 1.21 bits per heavy atom. The van der Waals surface area contributed by atoms with E-state index in [1.54, 1.807) is 24.3 Å². The second-order valence-corrected chi connectivity index (χ2v) is 8.81. The van der Waals surface area contributed by atoms with Crippen LogP contribution in [-0.2, 0) is 28.7 Å². The lowest BCUT2D eigenvalue weighted by Crippen LogP contribution is -2.33. The van der Waals surface area contributed by atoms with Crippen LogP contribution in [0.5, 0.6) is 0 Å². The zero-order chi connectivity index (χ0) is 31.0. The molecular formula is C25H25F4N5O8. The Balaban J connectivity index is 0.000000616. The van der Waals surface area contributed by atoms with Crippen molar-refractivity contribution in [2.75, 3.05) is 31.1 Å². The highest BCUT2D eigenvalue weighted by Gasteiger charge is 2.38. The average molecular weight is 599 g/mol. The van der Waals surface area contributed by atoms with Crippen LogP contribution in [0.2, 0.25) is 0 Å². The monoisotopic (exact) mass is 599 g/mol. The molecule has 3 heterocycles. The van der Waals surface area contributed by atoms with Gasteiger partial charge in [-0.05, 0) is 24.3 Å². The van der Waals surface area contributed by atoms with Crippen molar-refractivity contribution in [3.05, 3.63) is 48.0 Å². The maximum atomic E-state index is 14.9. The van der Waals surface area contributed by atoms with E-state index in [2.05, 4.69) is 15.5 Å². The number of aromatic nitrogens is 1. The van der Waals surface area contributed by atoms with Crippen LogP contribution in [0, 0.1) is 5.82 Å². The lowest BCUT2D eigenvalue weighted by molar-refractivity contribution is -0.192. The second-order valence-electron chi connectivity index (χ2n) is 8.81. The number of aliphatic carboxylic acids is 1. The summed E-state index contributed by atoms with van der Waals surface area (Å²) in [6.07, 6.45) is -4.69. The number of anilines is 1. The van der Waals surface area contributed by atoms with E-state index in [9.17, 15) is 31.9 Å². The number of benzene rings is 1. The number of hydrogen-bond donors (Lipinski definition) is 3. The molecule has 4 rings (SSSR count). The zero-order valence-electron chi connectivity index (χ0n) is 21.9. The predicted molar refractivity (Wildman–Crippen MR) is 136 cm³/mol. The van der Waals surface area contributed by atoms with Gasteiger partial charge in [0.2, 0.25) is 5.91 Å². The van der Waals surface area contributed by atoms with Gasteiger partial charge in [0.05, 0.1) is 31.0 Å². The van der Waals surface area contributed by atoms with Crippen LogP contribution in [0.3, 0.4) is 0 Å². The molecule has 2 aliphatic rings. The Bertz CT molecular complexity index is 1350. The fraction of sp³-hybridized carbons (Fsp3) is 0.360. The Hall–Kier alpha value is -4.80. The van der Waals surface area contributed by atoms with Crippen molar-refractivity contribution in [3.63, 3.8) is 0 Å². The molecule has 2 aromatic rings. The lowest BCUT2D eigenvalue weighted by Gasteiger charge is -2.14. The number of rotatable bonds is 8. The van der Waals surface area contributed by atoms with E-state index in [0.717, 1.165) is 0 Å². The highest BCUT2D eigenvalue weighted by atomic mass is 19.4. The molecule has 0 spiro atoms. The van der Waals surface area contributed by atoms with Gasteiger partial charge in [-0.3, -0.25) is 19.5 Å². The summed E-state index contributed by atoms with van der Waals surface area (Å²) in [4.78, 5) is 54.3. The van der Waals surface area contributed by atoms with Crippen molar-refractivity contribution in [3.8, 4) is 11.1 Å². The normalized spacial score (nSPS) is 17.8. The van der Waals surface area contributed by atoms with Crippen LogP contribution >= 0.6 is 0 Å². The molecule has 1 unspecified atom stereocenters. The summed E-state index contributed by atoms with van der Waals surface area (Å²) in [7, 11) is 0. The minimum atomic E-state index is -5.08. The fourth-order valence-electron chi connectivity index (χ4n) is 3.64. The molecule has 226 valence electrons. The number of pyridine rings is 1. The zero-order valence-corrected chi connectivity index (χ0v) is 21.9. The number of nitrogens with zero attached hydrogens (tertiary/aromatic N) is 3. The number of carbonyl (C=O) groups excluding carboxylic acids is 3. The summed E-state index contributed by atoms with van der Waals surface area (Å²) in [5, 5.41) is 13.7. The Labute approximate surface area is 235 Å². The number of carbonyl (C=O) groups is 4. The number of hydrogen-bond acceptors (Lipinski definition) is 10. The molecule has 2 aliphatic heterocycles. The molecule has 1 aromatic heterocycles. The van der Waals surface area contributed by atoms with E-state index >= 15 is 0 Å². The van der Waals surface area contributed by atoms with Gasteiger partial charge in [0.1, 0.15) is 24.2 Å². The minimum absolute atomic E-state index is 0.0389. The van der Waals surface area contributed by atoms with Crippen LogP contribution in [0.1, 0.15) is 19.0 Å². The molecule has 1 saturated heterocycles. The van der Waals surface area contributed by atoms with Gasteiger partial charge in [-0.2, -0.15) is 13.2 Å². The number of cyclic esters (lactones) is 1. The van der Waals surface area contributed by atoms with Gasteiger partial charge in [0.15, 0.2) is 6.10 Å². The molecule has 42 heavy (non-hydrogen) atoms. The quantitative estimate of drug-likeness (QED) is 0.300. The summed E-state index contributed by atoms with van der Waals surface area (Å²) >= 11 is 0. The molecule has 2 atom stereocenters. The lowest BCUT2D eigenvalue weighted by atomic mass is 10.0. The van der Waals surface area contributed by atoms with Crippen molar-refractivity contribution in [2.24, 2.45) is 10.9 Å². The van der Waals surface area contributed by atoms with E-state index in [0.29, 0.717) is 34.6 Å². The first-order valence-electron chi connectivity index (χ1n) is 12.2. The number of carboxylic acid groups (broad SMARTS) is 1. The number of ether oxygens (including phenoxy) is 2. The molecule has 17 heteroatoms. The van der Waals surface area contributed by atoms with Gasteiger partial charge in [-0.15, -0.1) is 0 Å². The van der Waals surface area contributed by atoms with E-state index in [-0.39, 0.29) is 32.1 Å². The molecular weight excluding hydrogens is 574 g/mol. The summed E-state index contributed by atoms with van der Waals surface area (Å²) in [6, 6.07) is 7.85. The summed E-state index contributed by atoms with van der Waals surface area (Å²) in [6.45, 7) is 1.59. The third kappa shape index (κ3) is 8.60. The van der Waals surface area contributed by atoms with Crippen LogP contribution in [0.25, 0.3) is 11.1 Å². The number of amides is 2. The van der Waals surface area contributed by atoms with Gasteiger partial charge < -0.3 is 30.5 Å². The third-order valence-electron chi connectivity index (χ3n) is 5.66. The van der Waals surface area contributed by atoms with Crippen LogP contribution in [-0.4, -0.2) is 84.4 Å². The number of esters is 1. The number of nitrogens with two attached hydrogens (primary N) is 1. The minimum Gasteiger partial charge on any atom is -0.475 e. The van der Waals surface area contributed by atoms with Gasteiger partial charge in [0, 0.05) is 30.7 Å². The van der Waals surface area contributed by atoms with E-state index in [1.165, 1.54) is 24.1 Å². The first-order chi connectivity index (χ1) is 19.8. The van der Waals surface area contributed by atoms with Crippen molar-refractivity contribution in [1.82, 2.24) is 10.3 Å². The van der Waals surface area contributed by atoms with Gasteiger partial charge in [-0.1, -0.05) is 11.2 Å². The molecule has 4 N–H and O–H groups in total. The molecule has 2 amide bonds. The van der Waals surface area contributed by atoms with Crippen molar-refractivity contribution in [1.29, 1.82) is 0 Å². The van der Waals surface area contributed by atoms with Crippen LogP contribution < -0.4 is 16.0 Å². The molecule has 1 aromatic carbocycles. The summed E-state index contributed by atoms with van der Waals surface area (Å²) < 4.78 is 56.9. The standard InChI is InChI=1S/C23H24FN5O6.C2HF3O2/c1-13(30)26-10-17-11-29(23(32)34-17)15-3-4-18(19(24)6-15)14-2-5-20(27-9-14)21-7-16(35-28-21)12-33-22(31)8-25;3-2(4,5)1(6)7/h2-6,9,16-17H,7-8,10-12,25H2,1H3,(H,26,30);(H,6,7)/t16?,17-;/m0./s1. The molecule has 0 aliphatic carbocycles. The first kappa shape index (κ1) is 31.7. The number of alkyl halides is 3. The van der Waals surface area contributed by atoms with Crippen molar-refractivity contribution < 1.29 is 56.2 Å². The Morgan fingerprint density at radius 3 is 2.50 bits per heavy atom. The SMILES string of the molecule is CC(=O)NC[C@H]1CN(c2ccc(-c3ccc(C4=NOC(COC(=O)CN)C4)nc3)c(F)c2)C(=O)O1.O=C(O)C(F)(F)F. The largest absolute Gasteiger partial charge is 0.490 e. The molecule has 0 bridgehead atoms. The van der Waals surface area contributed by atoms with E-state index in [4.69, 9.17) is 29.9 Å². The topological polar surface area (TPSA) is 183 Å². The average Bonchev–Trinajstić information content (AvgIpc) is 3.57. The van der Waals surface area contributed by atoms with E-state index < -0.39 is 42.2 Å². The van der Waals surface area contributed by atoms with Gasteiger partial charge in [0.25, 0.3) is 0 Å². The molecule has 13 nitrogen and oxygen atoms in total. The number of oxime groups is 1. The van der Waals surface area contributed by atoms with Gasteiger partial charge >= 0.3 is 24.2 Å². The number of halogens is 4. The molecule has 1 fully saturated rings. The Morgan fingerprint density at radius 2 is 1.93 bits per heavy atom. The molecule has 0 saturated carbocycles. The maximum Gasteiger partial charge on any atom is 0.490 e. The Kier molecular flexibility index (Phi) is 10.4. The number of nitrogens with one attached hydrogen (secondary N) is 1. The first-order valence-corrected chi connectivity index (χ1v) is 12.2. The third-order valence-corrected chi connectivity index (χ3v) is 5.66. The van der Waals surface area contributed by atoms with Crippen molar-refractivity contribution in [2.45, 2.75) is 31.7 Å². The molecule has 0 radical (unpaired) electrons. The van der Waals surface area contributed by atoms with Crippen LogP contribution in [0.4, 0.5) is 28.0 Å². The maximum absolute atomic E-state index is 14.9. The van der Waals surface area contributed by atoms with Crippen molar-refractivity contribution >= 4 is 35.3 Å². The highest BCUT2D eigenvalue weighted by Crippen LogP contribution is 2.29.